The lowest BCUT2D eigenvalue weighted by molar-refractivity contribution is 0.549. The SMILES string of the molecule is CCCNC(=S)Nc1c(F)cc(F)cc1F. The maximum atomic E-state index is 13.2. The maximum Gasteiger partial charge on any atom is 0.170 e. The molecule has 0 aliphatic heterocycles. The predicted molar refractivity (Wildman–Crippen MR) is 60.8 cm³/mol. The van der Waals surface area contributed by atoms with Crippen LogP contribution in [0.4, 0.5) is 18.9 Å². The van der Waals surface area contributed by atoms with Crippen LogP contribution in [-0.2, 0) is 0 Å². The number of benzene rings is 1. The molecule has 0 aliphatic rings. The first-order valence-corrected chi connectivity index (χ1v) is 5.14. The molecule has 16 heavy (non-hydrogen) atoms. The molecule has 0 aromatic heterocycles. The largest absolute Gasteiger partial charge is 0.362 e. The van der Waals surface area contributed by atoms with E-state index in [9.17, 15) is 13.2 Å². The van der Waals surface area contributed by atoms with E-state index in [4.69, 9.17) is 12.2 Å². The molecule has 0 fully saturated rings. The minimum absolute atomic E-state index is 0.103. The van der Waals surface area contributed by atoms with Crippen molar-refractivity contribution in [1.29, 1.82) is 0 Å². The Kier molecular flexibility index (Phi) is 4.54. The Balaban J connectivity index is 2.77. The van der Waals surface area contributed by atoms with Crippen LogP contribution in [0.5, 0.6) is 0 Å². The second-order valence-corrected chi connectivity index (χ2v) is 3.53. The van der Waals surface area contributed by atoms with E-state index in [1.807, 2.05) is 6.92 Å². The van der Waals surface area contributed by atoms with Crippen molar-refractivity contribution in [2.45, 2.75) is 13.3 Å². The zero-order valence-corrected chi connectivity index (χ0v) is 9.43. The van der Waals surface area contributed by atoms with Gasteiger partial charge in [0, 0.05) is 18.7 Å². The minimum Gasteiger partial charge on any atom is -0.362 e. The first-order valence-electron chi connectivity index (χ1n) is 4.74. The van der Waals surface area contributed by atoms with Gasteiger partial charge in [0.15, 0.2) is 16.7 Å². The average Bonchev–Trinajstić information content (AvgIpc) is 2.20. The number of halogens is 3. The van der Waals surface area contributed by atoms with Gasteiger partial charge >= 0.3 is 0 Å². The second kappa shape index (κ2) is 5.69. The fourth-order valence-electron chi connectivity index (χ4n) is 1.06. The highest BCUT2D eigenvalue weighted by atomic mass is 32.1. The van der Waals surface area contributed by atoms with Gasteiger partial charge in [-0.1, -0.05) is 6.92 Å². The molecule has 0 saturated heterocycles. The lowest BCUT2D eigenvalue weighted by Crippen LogP contribution is -2.29. The van der Waals surface area contributed by atoms with Gasteiger partial charge in [-0.05, 0) is 18.6 Å². The summed E-state index contributed by atoms with van der Waals surface area (Å²) in [5.74, 6) is -3.00. The standard InChI is InChI=1S/C10H11F3N2S/c1-2-3-14-10(16)15-9-7(12)4-6(11)5-8(9)13/h4-5H,2-3H2,1H3,(H2,14,15,16). The molecular weight excluding hydrogens is 237 g/mol. The summed E-state index contributed by atoms with van der Waals surface area (Å²) < 4.78 is 38.9. The zero-order valence-electron chi connectivity index (χ0n) is 8.61. The summed E-state index contributed by atoms with van der Waals surface area (Å²) in [7, 11) is 0. The lowest BCUT2D eigenvalue weighted by atomic mass is 10.3. The highest BCUT2D eigenvalue weighted by Gasteiger charge is 2.12. The molecule has 1 aromatic rings. The fraction of sp³-hybridized carbons (Fsp3) is 0.300. The summed E-state index contributed by atoms with van der Waals surface area (Å²) in [4.78, 5) is 0. The van der Waals surface area contributed by atoms with Gasteiger partial charge in [0.25, 0.3) is 0 Å². The molecule has 0 unspecified atom stereocenters. The van der Waals surface area contributed by atoms with E-state index in [1.54, 1.807) is 0 Å². The lowest BCUT2D eigenvalue weighted by Gasteiger charge is -2.11. The van der Waals surface area contributed by atoms with Crippen molar-refractivity contribution in [3.8, 4) is 0 Å². The Hall–Kier alpha value is -1.30. The van der Waals surface area contributed by atoms with E-state index in [0.29, 0.717) is 18.7 Å². The van der Waals surface area contributed by atoms with Crippen LogP contribution < -0.4 is 10.6 Å². The monoisotopic (exact) mass is 248 g/mol. The van der Waals surface area contributed by atoms with E-state index in [0.717, 1.165) is 6.42 Å². The normalized spacial score (nSPS) is 10.0. The van der Waals surface area contributed by atoms with Gasteiger partial charge in [-0.15, -0.1) is 0 Å². The molecule has 88 valence electrons. The molecule has 0 atom stereocenters. The molecule has 0 amide bonds. The molecule has 0 radical (unpaired) electrons. The zero-order chi connectivity index (χ0) is 12.1. The molecule has 1 aromatic carbocycles. The van der Waals surface area contributed by atoms with Crippen LogP contribution in [0.25, 0.3) is 0 Å². The van der Waals surface area contributed by atoms with Gasteiger partial charge in [-0.2, -0.15) is 0 Å². The Morgan fingerprint density at radius 2 is 1.81 bits per heavy atom. The summed E-state index contributed by atoms with van der Waals surface area (Å²) in [6.45, 7) is 2.52. The molecule has 2 nitrogen and oxygen atoms in total. The average molecular weight is 248 g/mol. The number of anilines is 1. The van der Waals surface area contributed by atoms with Crippen molar-refractivity contribution in [3.05, 3.63) is 29.6 Å². The first-order chi connectivity index (χ1) is 7.54. The predicted octanol–water partition coefficient (Wildman–Crippen LogP) is 2.80. The quantitative estimate of drug-likeness (QED) is 0.804. The molecule has 2 N–H and O–H groups in total. The van der Waals surface area contributed by atoms with Crippen molar-refractivity contribution in [3.63, 3.8) is 0 Å². The van der Waals surface area contributed by atoms with E-state index in [1.165, 1.54) is 0 Å². The van der Waals surface area contributed by atoms with Gasteiger partial charge in [-0.3, -0.25) is 0 Å². The third-order valence-electron chi connectivity index (χ3n) is 1.78. The summed E-state index contributed by atoms with van der Waals surface area (Å²) in [5, 5.41) is 5.19. The molecule has 6 heteroatoms. The number of nitrogens with one attached hydrogen (secondary N) is 2. The van der Waals surface area contributed by atoms with Gasteiger partial charge in [0.2, 0.25) is 0 Å². The summed E-state index contributed by atoms with van der Waals surface area (Å²) in [6, 6.07) is 1.18. The summed E-state index contributed by atoms with van der Waals surface area (Å²) >= 11 is 4.80. The van der Waals surface area contributed by atoms with Crippen LogP contribution in [-0.4, -0.2) is 11.7 Å². The number of hydrogen-bond donors (Lipinski definition) is 2. The molecule has 1 rings (SSSR count). The van der Waals surface area contributed by atoms with E-state index in [2.05, 4.69) is 10.6 Å². The Morgan fingerprint density at radius 3 is 2.31 bits per heavy atom. The first kappa shape index (κ1) is 12.8. The van der Waals surface area contributed by atoms with Crippen molar-refractivity contribution in [2.24, 2.45) is 0 Å². The van der Waals surface area contributed by atoms with Gasteiger partial charge < -0.3 is 10.6 Å². The number of hydrogen-bond acceptors (Lipinski definition) is 1. The van der Waals surface area contributed by atoms with Crippen LogP contribution >= 0.6 is 12.2 Å². The second-order valence-electron chi connectivity index (χ2n) is 3.13. The Morgan fingerprint density at radius 1 is 1.25 bits per heavy atom. The highest BCUT2D eigenvalue weighted by molar-refractivity contribution is 7.80. The van der Waals surface area contributed by atoms with Crippen LogP contribution in [0.2, 0.25) is 0 Å². The van der Waals surface area contributed by atoms with Crippen molar-refractivity contribution in [1.82, 2.24) is 5.32 Å². The van der Waals surface area contributed by atoms with Crippen LogP contribution in [0.15, 0.2) is 12.1 Å². The third kappa shape index (κ3) is 3.37. The molecule has 0 heterocycles. The van der Waals surface area contributed by atoms with Gasteiger partial charge in [0.1, 0.15) is 11.5 Å². The van der Waals surface area contributed by atoms with E-state index >= 15 is 0 Å². The summed E-state index contributed by atoms with van der Waals surface area (Å²) in [5.41, 5.74) is -0.449. The number of thiocarbonyl (C=S) groups is 1. The summed E-state index contributed by atoms with van der Waals surface area (Å²) in [6.07, 6.45) is 0.830. The van der Waals surface area contributed by atoms with Crippen molar-refractivity contribution >= 4 is 23.0 Å². The molecule has 0 bridgehead atoms. The number of rotatable bonds is 3. The molecule has 0 spiro atoms. The van der Waals surface area contributed by atoms with Gasteiger partial charge in [-0.25, -0.2) is 13.2 Å². The molecular formula is C10H11F3N2S. The smallest absolute Gasteiger partial charge is 0.170 e. The van der Waals surface area contributed by atoms with Crippen LogP contribution in [0.3, 0.4) is 0 Å². The van der Waals surface area contributed by atoms with E-state index < -0.39 is 23.1 Å². The van der Waals surface area contributed by atoms with Crippen LogP contribution in [0.1, 0.15) is 13.3 Å². The Labute approximate surface area is 96.8 Å². The molecule has 0 aliphatic carbocycles. The van der Waals surface area contributed by atoms with Crippen LogP contribution in [0, 0.1) is 17.5 Å². The third-order valence-corrected chi connectivity index (χ3v) is 2.03. The van der Waals surface area contributed by atoms with Gasteiger partial charge in [0.05, 0.1) is 0 Å². The molecule has 0 saturated carbocycles. The van der Waals surface area contributed by atoms with Crippen molar-refractivity contribution < 1.29 is 13.2 Å². The highest BCUT2D eigenvalue weighted by Crippen LogP contribution is 2.19. The fourth-order valence-corrected chi connectivity index (χ4v) is 1.26. The minimum atomic E-state index is -1.02. The van der Waals surface area contributed by atoms with E-state index in [-0.39, 0.29) is 5.11 Å². The Bertz CT molecular complexity index is 373. The maximum absolute atomic E-state index is 13.2. The topological polar surface area (TPSA) is 24.1 Å². The van der Waals surface area contributed by atoms with Crippen molar-refractivity contribution in [2.75, 3.05) is 11.9 Å².